The zero-order chi connectivity index (χ0) is 30.4. The molecule has 0 bridgehead atoms. The number of imidazole rings is 1. The number of likely N-dealkylation sites (N-methyl/N-ethyl adjacent to an activating group) is 1. The molecule has 218 valence electrons. The van der Waals surface area contributed by atoms with Crippen LogP contribution in [0.3, 0.4) is 0 Å². The number of carbonyl (C=O) groups is 3. The molecule has 0 radical (unpaired) electrons. The number of aromatic amines is 1. The van der Waals surface area contributed by atoms with Crippen LogP contribution < -0.4 is 10.6 Å². The molecule has 0 spiro atoms. The number of allylic oxidation sites excluding steroid dienone is 1. The number of aromatic nitrogens is 2. The molecule has 3 aliphatic rings. The summed E-state index contributed by atoms with van der Waals surface area (Å²) in [6, 6.07) is 8.01. The van der Waals surface area contributed by atoms with E-state index in [-0.39, 0.29) is 35.3 Å². The Bertz CT molecular complexity index is 1750. The summed E-state index contributed by atoms with van der Waals surface area (Å²) in [5.41, 5.74) is 4.43. The van der Waals surface area contributed by atoms with Gasteiger partial charge in [-0.25, -0.2) is 4.98 Å². The van der Waals surface area contributed by atoms with E-state index in [0.29, 0.717) is 22.6 Å². The number of para-hydroxylation sites is 2. The topological polar surface area (TPSA) is 193 Å². The Labute approximate surface area is 240 Å². The summed E-state index contributed by atoms with van der Waals surface area (Å²) in [4.78, 5) is 51.0. The minimum atomic E-state index is -2.69. The summed E-state index contributed by atoms with van der Waals surface area (Å²) in [6.45, 7) is 0. The molecule has 3 aromatic rings. The van der Waals surface area contributed by atoms with E-state index in [2.05, 4.69) is 9.97 Å². The standard InChI is InChI=1S/C30H31N5O7/c1-34(2)18-11-14(29-32-16-7-5-6-8-17(16)33-29)23(36)20-13(18)9-12-10-15-22(35(3)4)25(38)21(28(31)41)27(40)30(15,42)26(39)19(12)24(20)37/h5-8,11-12,15,22,36,38-39,42H,9-10H2,1-4H3,(H2,31,41)(H,32,33)/t12-,15-,22?,30-/m0/s1. The average Bonchev–Trinajstić information content (AvgIpc) is 3.34. The highest BCUT2D eigenvalue weighted by molar-refractivity contribution is 6.25. The lowest BCUT2D eigenvalue weighted by atomic mass is 9.58. The molecule has 0 fully saturated rings. The van der Waals surface area contributed by atoms with E-state index < -0.39 is 58.0 Å². The van der Waals surface area contributed by atoms with Crippen LogP contribution in [-0.2, 0) is 16.0 Å². The third kappa shape index (κ3) is 3.55. The van der Waals surface area contributed by atoms with E-state index in [4.69, 9.17) is 5.73 Å². The number of phenolic OH excluding ortho intramolecular Hbond substituents is 1. The second-order valence-electron chi connectivity index (χ2n) is 11.6. The number of aromatic hydroxyl groups is 1. The molecule has 1 unspecified atom stereocenters. The number of aliphatic hydroxyl groups excluding tert-OH is 2. The molecule has 42 heavy (non-hydrogen) atoms. The number of phenols is 1. The second-order valence-corrected chi connectivity index (χ2v) is 11.6. The molecule has 12 nitrogen and oxygen atoms in total. The van der Waals surface area contributed by atoms with Gasteiger partial charge < -0.3 is 36.0 Å². The third-order valence-electron chi connectivity index (χ3n) is 8.83. The fraction of sp³-hybridized carbons (Fsp3) is 0.333. The third-order valence-corrected chi connectivity index (χ3v) is 8.83. The maximum absolute atomic E-state index is 14.2. The van der Waals surface area contributed by atoms with Crippen LogP contribution in [0.5, 0.6) is 5.75 Å². The minimum absolute atomic E-state index is 0.0186. The van der Waals surface area contributed by atoms with Crippen LogP contribution in [0.25, 0.3) is 22.4 Å². The number of hydrogen-bond acceptors (Lipinski definition) is 10. The predicted octanol–water partition coefficient (Wildman–Crippen LogP) is 1.73. The molecule has 1 amide bonds. The van der Waals surface area contributed by atoms with Crippen LogP contribution in [0.15, 0.2) is 53.0 Å². The van der Waals surface area contributed by atoms with Crippen LogP contribution >= 0.6 is 0 Å². The van der Waals surface area contributed by atoms with E-state index in [0.717, 1.165) is 5.52 Å². The quantitative estimate of drug-likeness (QED) is 0.250. The number of carbonyl (C=O) groups excluding carboxylic acids is 3. The maximum Gasteiger partial charge on any atom is 0.255 e. The lowest BCUT2D eigenvalue weighted by Crippen LogP contribution is -2.63. The van der Waals surface area contributed by atoms with Gasteiger partial charge in [0.2, 0.25) is 5.78 Å². The summed E-state index contributed by atoms with van der Waals surface area (Å²) in [6.07, 6.45) is 0.209. The smallest absolute Gasteiger partial charge is 0.255 e. The van der Waals surface area contributed by atoms with Crippen LogP contribution in [0.1, 0.15) is 22.3 Å². The van der Waals surface area contributed by atoms with E-state index in [1.54, 1.807) is 34.3 Å². The first-order valence-electron chi connectivity index (χ1n) is 13.4. The van der Waals surface area contributed by atoms with Gasteiger partial charge in [-0.05, 0) is 56.6 Å². The Morgan fingerprint density at radius 3 is 2.43 bits per heavy atom. The van der Waals surface area contributed by atoms with Crippen molar-refractivity contribution in [2.75, 3.05) is 33.1 Å². The zero-order valence-electron chi connectivity index (χ0n) is 23.5. The number of fused-ring (bicyclic) bond motifs is 4. The molecule has 3 aliphatic carbocycles. The number of primary amides is 1. The number of amides is 1. The van der Waals surface area contributed by atoms with Crippen molar-refractivity contribution in [1.82, 2.24) is 14.9 Å². The molecule has 0 saturated carbocycles. The van der Waals surface area contributed by atoms with Gasteiger partial charge in [-0.1, -0.05) is 12.1 Å². The average molecular weight is 574 g/mol. The summed E-state index contributed by atoms with van der Waals surface area (Å²) >= 11 is 0. The van der Waals surface area contributed by atoms with E-state index in [9.17, 15) is 34.8 Å². The van der Waals surface area contributed by atoms with Crippen molar-refractivity contribution in [2.24, 2.45) is 17.6 Å². The maximum atomic E-state index is 14.2. The number of H-pyrrole nitrogens is 1. The van der Waals surface area contributed by atoms with Crippen LogP contribution in [0.4, 0.5) is 5.69 Å². The van der Waals surface area contributed by atoms with Crippen molar-refractivity contribution < 1.29 is 34.8 Å². The number of nitrogens with one attached hydrogen (secondary N) is 1. The first-order valence-corrected chi connectivity index (χ1v) is 13.4. The highest BCUT2D eigenvalue weighted by Crippen LogP contribution is 2.54. The Morgan fingerprint density at radius 2 is 1.81 bits per heavy atom. The number of rotatable bonds is 4. The second kappa shape index (κ2) is 9.16. The first kappa shape index (κ1) is 27.5. The van der Waals surface area contributed by atoms with Gasteiger partial charge in [0.15, 0.2) is 11.4 Å². The van der Waals surface area contributed by atoms with Gasteiger partial charge in [0.05, 0.1) is 28.2 Å². The largest absolute Gasteiger partial charge is 0.510 e. The van der Waals surface area contributed by atoms with Gasteiger partial charge in [0, 0.05) is 31.3 Å². The van der Waals surface area contributed by atoms with Gasteiger partial charge in [-0.3, -0.25) is 19.3 Å². The highest BCUT2D eigenvalue weighted by Gasteiger charge is 2.63. The van der Waals surface area contributed by atoms with Crippen LogP contribution in [0.2, 0.25) is 0 Å². The molecule has 0 saturated heterocycles. The number of Topliss-reactive ketones (excluding diaryl/α,β-unsaturated/α-hetero) is 2. The molecule has 1 heterocycles. The minimum Gasteiger partial charge on any atom is -0.510 e. The molecule has 12 heteroatoms. The van der Waals surface area contributed by atoms with Crippen molar-refractivity contribution in [3.63, 3.8) is 0 Å². The summed E-state index contributed by atoms with van der Waals surface area (Å²) < 4.78 is 0. The molecule has 2 aromatic carbocycles. The number of benzene rings is 2. The van der Waals surface area contributed by atoms with E-state index in [1.807, 2.05) is 29.2 Å². The fourth-order valence-electron chi connectivity index (χ4n) is 6.96. The van der Waals surface area contributed by atoms with Crippen LogP contribution in [-0.4, -0.2) is 92.6 Å². The Kier molecular flexibility index (Phi) is 6.00. The molecular weight excluding hydrogens is 542 g/mol. The Morgan fingerprint density at radius 1 is 1.12 bits per heavy atom. The van der Waals surface area contributed by atoms with Gasteiger partial charge >= 0.3 is 0 Å². The lowest BCUT2D eigenvalue weighted by molar-refractivity contribution is -0.148. The van der Waals surface area contributed by atoms with Crippen LogP contribution in [0, 0.1) is 11.8 Å². The Hall–Kier alpha value is -4.68. The lowest BCUT2D eigenvalue weighted by Gasteiger charge is -2.50. The van der Waals surface area contributed by atoms with Crippen molar-refractivity contribution in [3.05, 3.63) is 64.1 Å². The molecule has 4 atom stereocenters. The fourth-order valence-corrected chi connectivity index (χ4v) is 6.96. The van der Waals surface area contributed by atoms with Crippen molar-refractivity contribution >= 4 is 34.2 Å². The summed E-state index contributed by atoms with van der Waals surface area (Å²) in [5, 5.41) is 45.9. The van der Waals surface area contributed by atoms with Crippen molar-refractivity contribution in [1.29, 1.82) is 0 Å². The summed E-state index contributed by atoms with van der Waals surface area (Å²) in [5.74, 6) is -6.57. The number of anilines is 1. The number of nitrogens with zero attached hydrogens (tertiary/aromatic N) is 3. The predicted molar refractivity (Wildman–Crippen MR) is 153 cm³/mol. The normalized spacial score (nSPS) is 25.5. The highest BCUT2D eigenvalue weighted by atomic mass is 16.3. The number of hydrogen-bond donors (Lipinski definition) is 6. The van der Waals surface area contributed by atoms with Gasteiger partial charge in [0.25, 0.3) is 5.91 Å². The van der Waals surface area contributed by atoms with E-state index >= 15 is 0 Å². The molecule has 0 aliphatic heterocycles. The first-order chi connectivity index (χ1) is 19.8. The monoisotopic (exact) mass is 573 g/mol. The molecule has 1 aromatic heterocycles. The Balaban J connectivity index is 1.57. The number of aliphatic hydroxyl groups is 3. The number of nitrogens with two attached hydrogens (primary N) is 1. The van der Waals surface area contributed by atoms with Gasteiger partial charge in [-0.2, -0.15) is 0 Å². The SMILES string of the molecule is CN(C)c1cc(-c2nc3ccccc3[nH]2)c(O)c2c1C[C@H]1C[C@H]3C(N(C)C)C(O)=C(C(N)=O)C(=O)[C@@]3(O)C(O)=C1C2=O. The zero-order valence-corrected chi connectivity index (χ0v) is 23.5. The van der Waals surface area contributed by atoms with Crippen molar-refractivity contribution in [2.45, 2.75) is 24.5 Å². The van der Waals surface area contributed by atoms with Crippen molar-refractivity contribution in [3.8, 4) is 17.1 Å². The molecular formula is C30H31N5O7. The number of ketones is 2. The van der Waals surface area contributed by atoms with Gasteiger partial charge in [-0.15, -0.1) is 0 Å². The van der Waals surface area contributed by atoms with Gasteiger partial charge in [0.1, 0.15) is 28.7 Å². The molecule has 6 rings (SSSR count). The summed E-state index contributed by atoms with van der Waals surface area (Å²) in [7, 11) is 6.79. The van der Waals surface area contributed by atoms with E-state index in [1.165, 1.54) is 4.90 Å². The molecule has 7 N–H and O–H groups in total.